The summed E-state index contributed by atoms with van der Waals surface area (Å²) in [6, 6.07) is 7.58. The van der Waals surface area contributed by atoms with Crippen molar-refractivity contribution in [1.29, 1.82) is 0 Å². The predicted molar refractivity (Wildman–Crippen MR) is 83.9 cm³/mol. The largest absolute Gasteiger partial charge is 0.347 e. The third-order valence-electron chi connectivity index (χ3n) is 2.62. The van der Waals surface area contributed by atoms with Crippen LogP contribution in [0.5, 0.6) is 0 Å². The fourth-order valence-electron chi connectivity index (χ4n) is 1.60. The average Bonchev–Trinajstić information content (AvgIpc) is 2.43. The molecule has 0 radical (unpaired) electrons. The van der Waals surface area contributed by atoms with Crippen LogP contribution in [-0.4, -0.2) is 54.5 Å². The molecule has 0 bridgehead atoms. The lowest BCUT2D eigenvalue weighted by Crippen LogP contribution is -2.39. The highest BCUT2D eigenvalue weighted by Crippen LogP contribution is 2.03. The van der Waals surface area contributed by atoms with Crippen molar-refractivity contribution in [2.45, 2.75) is 12.5 Å². The topological polar surface area (TPSA) is 116 Å². The van der Waals surface area contributed by atoms with Gasteiger partial charge in [0.1, 0.15) is 0 Å². The number of rotatable bonds is 9. The summed E-state index contributed by atoms with van der Waals surface area (Å²) in [4.78, 5) is 12.1. The highest BCUT2D eigenvalue weighted by molar-refractivity contribution is 7.86. The van der Waals surface area contributed by atoms with Crippen LogP contribution in [0.4, 0.5) is 0 Å². The highest BCUT2D eigenvalue weighted by atomic mass is 32.2. The summed E-state index contributed by atoms with van der Waals surface area (Å²) in [6.07, 6.45) is 1.86. The quantitative estimate of drug-likeness (QED) is 0.618. The fourth-order valence-corrected chi connectivity index (χ4v) is 2.41. The third-order valence-corrected chi connectivity index (χ3v) is 3.78. The van der Waals surface area contributed by atoms with E-state index in [2.05, 4.69) is 13.7 Å². The first-order valence-corrected chi connectivity index (χ1v) is 10.2. The second-order valence-corrected chi connectivity index (χ2v) is 8.13. The van der Waals surface area contributed by atoms with E-state index in [9.17, 15) is 21.6 Å². The Hall–Kier alpha value is -1.49. The van der Waals surface area contributed by atoms with E-state index in [4.69, 9.17) is 0 Å². The van der Waals surface area contributed by atoms with Gasteiger partial charge in [-0.15, -0.1) is 0 Å². The van der Waals surface area contributed by atoms with Gasteiger partial charge >= 0.3 is 0 Å². The van der Waals surface area contributed by atoms with E-state index in [1.807, 2.05) is 0 Å². The highest BCUT2D eigenvalue weighted by Gasteiger charge is 2.17. The van der Waals surface area contributed by atoms with E-state index < -0.39 is 32.2 Å². The first-order chi connectivity index (χ1) is 10.6. The molecule has 0 saturated heterocycles. The van der Waals surface area contributed by atoms with Crippen molar-refractivity contribution in [3.8, 4) is 0 Å². The molecule has 0 saturated carbocycles. The van der Waals surface area contributed by atoms with Gasteiger partial charge in [-0.1, -0.05) is 18.2 Å². The summed E-state index contributed by atoms with van der Waals surface area (Å²) in [5.41, 5.74) is 0.390. The Morgan fingerprint density at radius 1 is 1.04 bits per heavy atom. The van der Waals surface area contributed by atoms with Gasteiger partial charge in [-0.05, 0) is 18.6 Å². The van der Waals surface area contributed by atoms with Crippen LogP contribution in [0.1, 0.15) is 16.8 Å². The van der Waals surface area contributed by atoms with Crippen LogP contribution in [0.3, 0.4) is 0 Å². The van der Waals surface area contributed by atoms with E-state index in [1.165, 1.54) is 0 Å². The van der Waals surface area contributed by atoms with Crippen molar-refractivity contribution in [3.63, 3.8) is 0 Å². The maximum absolute atomic E-state index is 12.1. The number of hydrogen-bond acceptors (Lipinski definition) is 7. The smallest absolute Gasteiger partial charge is 0.264 e. The SMILES string of the molecule is CS(=O)(=O)OCCC(COS(C)(=O)=O)NC(=O)c1ccccc1. The molecule has 1 aromatic rings. The van der Waals surface area contributed by atoms with Crippen molar-refractivity contribution in [3.05, 3.63) is 35.9 Å². The lowest BCUT2D eigenvalue weighted by Gasteiger charge is -2.18. The molecule has 0 fully saturated rings. The zero-order valence-corrected chi connectivity index (χ0v) is 14.4. The van der Waals surface area contributed by atoms with E-state index in [1.54, 1.807) is 30.3 Å². The molecular formula is C13H19NO7S2. The van der Waals surface area contributed by atoms with Gasteiger partial charge in [0, 0.05) is 5.56 Å². The van der Waals surface area contributed by atoms with Gasteiger partial charge in [0.15, 0.2) is 0 Å². The van der Waals surface area contributed by atoms with E-state index in [0.29, 0.717) is 5.56 Å². The number of carbonyl (C=O) groups excluding carboxylic acids is 1. The van der Waals surface area contributed by atoms with Gasteiger partial charge in [0.25, 0.3) is 26.1 Å². The molecule has 0 spiro atoms. The Labute approximate surface area is 136 Å². The van der Waals surface area contributed by atoms with Crippen LogP contribution in [0.25, 0.3) is 0 Å². The van der Waals surface area contributed by atoms with Crippen LogP contribution in [0.2, 0.25) is 0 Å². The fraction of sp³-hybridized carbons (Fsp3) is 0.462. The molecule has 0 heterocycles. The molecule has 0 aliphatic carbocycles. The summed E-state index contributed by atoms with van der Waals surface area (Å²) >= 11 is 0. The van der Waals surface area contributed by atoms with E-state index in [-0.39, 0.29) is 19.6 Å². The minimum atomic E-state index is -3.68. The summed E-state index contributed by atoms with van der Waals surface area (Å²) in [7, 11) is -7.30. The van der Waals surface area contributed by atoms with Gasteiger partial charge in [0.05, 0.1) is 31.8 Å². The van der Waals surface area contributed by atoms with Crippen LogP contribution < -0.4 is 5.32 Å². The summed E-state index contributed by atoms with van der Waals surface area (Å²) in [5, 5.41) is 2.59. The minimum absolute atomic E-state index is 0.0706. The Morgan fingerprint density at radius 2 is 1.61 bits per heavy atom. The molecule has 23 heavy (non-hydrogen) atoms. The molecule has 1 N–H and O–H groups in total. The molecule has 1 aromatic carbocycles. The third kappa shape index (κ3) is 9.29. The first kappa shape index (κ1) is 19.6. The zero-order chi connectivity index (χ0) is 17.5. The molecule has 0 aliphatic heterocycles. The van der Waals surface area contributed by atoms with Crippen molar-refractivity contribution in [1.82, 2.24) is 5.32 Å². The molecule has 130 valence electrons. The maximum atomic E-state index is 12.1. The van der Waals surface area contributed by atoms with E-state index in [0.717, 1.165) is 12.5 Å². The van der Waals surface area contributed by atoms with Crippen molar-refractivity contribution in [2.24, 2.45) is 0 Å². The van der Waals surface area contributed by atoms with Crippen LogP contribution in [-0.2, 0) is 28.6 Å². The van der Waals surface area contributed by atoms with Crippen molar-refractivity contribution >= 4 is 26.1 Å². The van der Waals surface area contributed by atoms with E-state index >= 15 is 0 Å². The van der Waals surface area contributed by atoms with Crippen LogP contribution in [0, 0.1) is 0 Å². The Bertz CT molecular complexity index is 714. The maximum Gasteiger partial charge on any atom is 0.264 e. The number of hydrogen-bond donors (Lipinski definition) is 1. The Kier molecular flexibility index (Phi) is 7.13. The zero-order valence-electron chi connectivity index (χ0n) is 12.8. The molecule has 1 unspecified atom stereocenters. The number of nitrogens with one attached hydrogen (secondary N) is 1. The second-order valence-electron chi connectivity index (χ2n) is 4.84. The first-order valence-electron chi connectivity index (χ1n) is 6.61. The predicted octanol–water partition coefficient (Wildman–Crippen LogP) is 0.128. The number of amides is 1. The van der Waals surface area contributed by atoms with Crippen LogP contribution >= 0.6 is 0 Å². The normalized spacial score (nSPS) is 13.5. The molecule has 1 atom stereocenters. The van der Waals surface area contributed by atoms with Crippen LogP contribution in [0.15, 0.2) is 30.3 Å². The van der Waals surface area contributed by atoms with Gasteiger partial charge in [0.2, 0.25) is 0 Å². The van der Waals surface area contributed by atoms with Gasteiger partial charge in [-0.25, -0.2) is 0 Å². The molecule has 0 aromatic heterocycles. The summed E-state index contributed by atoms with van der Waals surface area (Å²) in [6.45, 7) is -0.518. The monoisotopic (exact) mass is 365 g/mol. The number of carbonyl (C=O) groups is 1. The van der Waals surface area contributed by atoms with Gasteiger partial charge in [-0.3, -0.25) is 13.2 Å². The lowest BCUT2D eigenvalue weighted by atomic mass is 10.1. The van der Waals surface area contributed by atoms with Crippen molar-refractivity contribution in [2.75, 3.05) is 25.7 Å². The second kappa shape index (κ2) is 8.39. The summed E-state index contributed by atoms with van der Waals surface area (Å²) in [5.74, 6) is -0.424. The Morgan fingerprint density at radius 3 is 2.13 bits per heavy atom. The molecular weight excluding hydrogens is 346 g/mol. The van der Waals surface area contributed by atoms with Gasteiger partial charge < -0.3 is 5.32 Å². The number of benzene rings is 1. The van der Waals surface area contributed by atoms with Gasteiger partial charge in [-0.2, -0.15) is 16.8 Å². The molecule has 10 heteroatoms. The minimum Gasteiger partial charge on any atom is -0.347 e. The molecule has 0 aliphatic rings. The Balaban J connectivity index is 2.68. The molecule has 1 rings (SSSR count). The summed E-state index contributed by atoms with van der Waals surface area (Å²) < 4.78 is 53.3. The van der Waals surface area contributed by atoms with Crippen molar-refractivity contribution < 1.29 is 30.0 Å². The average molecular weight is 365 g/mol. The molecule has 1 amide bonds. The molecule has 8 nitrogen and oxygen atoms in total. The standard InChI is InChI=1S/C13H19NO7S2/c1-22(16,17)20-9-8-12(10-21-23(2,18)19)14-13(15)11-6-4-3-5-7-11/h3-7,12H,8-10H2,1-2H3,(H,14,15). The lowest BCUT2D eigenvalue weighted by molar-refractivity contribution is 0.0914.